The van der Waals surface area contributed by atoms with Crippen molar-refractivity contribution in [2.24, 2.45) is 0 Å². The van der Waals surface area contributed by atoms with Crippen molar-refractivity contribution in [2.75, 3.05) is 5.32 Å². The van der Waals surface area contributed by atoms with Crippen LogP contribution < -0.4 is 5.32 Å². The Hall–Kier alpha value is -3.09. The van der Waals surface area contributed by atoms with E-state index < -0.39 is 0 Å². The fraction of sp³-hybridized carbons (Fsp3) is 0.0526. The second-order valence-corrected chi connectivity index (χ2v) is 6.21. The molecule has 0 saturated carbocycles. The Morgan fingerprint density at radius 1 is 1.04 bits per heavy atom. The SMILES string of the molecule is OCc1ccc(Nc2nc3ccc(-c4cc(O)ccc4Cl)cn3n2)cc1. The van der Waals surface area contributed by atoms with Gasteiger partial charge in [0.2, 0.25) is 5.95 Å². The predicted molar refractivity (Wildman–Crippen MR) is 101 cm³/mol. The average Bonchev–Trinajstić information content (AvgIpc) is 3.05. The van der Waals surface area contributed by atoms with E-state index in [1.807, 2.05) is 42.6 Å². The lowest BCUT2D eigenvalue weighted by Crippen LogP contribution is -1.94. The molecule has 0 fully saturated rings. The second-order valence-electron chi connectivity index (χ2n) is 5.80. The van der Waals surface area contributed by atoms with Crippen LogP contribution in [0.15, 0.2) is 60.8 Å². The van der Waals surface area contributed by atoms with Crippen molar-refractivity contribution in [1.29, 1.82) is 0 Å². The first-order valence-electron chi connectivity index (χ1n) is 7.94. The molecule has 0 atom stereocenters. The maximum Gasteiger partial charge on any atom is 0.247 e. The Bertz CT molecular complexity index is 1080. The first-order chi connectivity index (χ1) is 12.6. The van der Waals surface area contributed by atoms with E-state index in [0.717, 1.165) is 22.4 Å². The summed E-state index contributed by atoms with van der Waals surface area (Å²) in [6.45, 7) is 0.00721. The third kappa shape index (κ3) is 3.20. The normalized spacial score (nSPS) is 11.0. The molecule has 2 aromatic carbocycles. The van der Waals surface area contributed by atoms with E-state index in [1.54, 1.807) is 22.7 Å². The molecule has 0 amide bonds. The maximum absolute atomic E-state index is 9.70. The highest BCUT2D eigenvalue weighted by atomic mass is 35.5. The number of nitrogens with zero attached hydrogens (tertiary/aromatic N) is 3. The van der Waals surface area contributed by atoms with E-state index in [0.29, 0.717) is 16.6 Å². The monoisotopic (exact) mass is 366 g/mol. The van der Waals surface area contributed by atoms with Crippen LogP contribution in [-0.2, 0) is 6.61 Å². The number of rotatable bonds is 4. The summed E-state index contributed by atoms with van der Waals surface area (Å²) in [6, 6.07) is 15.9. The number of fused-ring (bicyclic) bond motifs is 1. The van der Waals surface area contributed by atoms with Crippen molar-refractivity contribution in [3.8, 4) is 16.9 Å². The third-order valence-corrected chi connectivity index (χ3v) is 4.31. The van der Waals surface area contributed by atoms with Gasteiger partial charge >= 0.3 is 0 Å². The van der Waals surface area contributed by atoms with Crippen LogP contribution in [0.25, 0.3) is 16.8 Å². The van der Waals surface area contributed by atoms with Gasteiger partial charge in [-0.25, -0.2) is 4.52 Å². The summed E-state index contributed by atoms with van der Waals surface area (Å²) in [6.07, 6.45) is 1.81. The summed E-state index contributed by atoms with van der Waals surface area (Å²) >= 11 is 6.23. The van der Waals surface area contributed by atoms with E-state index in [9.17, 15) is 5.11 Å². The lowest BCUT2D eigenvalue weighted by Gasteiger charge is -2.05. The minimum atomic E-state index is 0.00721. The number of hydrogen-bond acceptors (Lipinski definition) is 5. The van der Waals surface area contributed by atoms with Gasteiger partial charge in [0.05, 0.1) is 6.61 Å². The zero-order valence-corrected chi connectivity index (χ0v) is 14.4. The van der Waals surface area contributed by atoms with Gasteiger partial charge in [-0.2, -0.15) is 4.98 Å². The van der Waals surface area contributed by atoms with Crippen molar-refractivity contribution < 1.29 is 10.2 Å². The number of aliphatic hydroxyl groups excluding tert-OH is 1. The number of phenolic OH excluding ortho intramolecular Hbond substituents is 1. The number of pyridine rings is 1. The number of phenols is 1. The summed E-state index contributed by atoms with van der Waals surface area (Å²) in [5.74, 6) is 0.609. The molecule has 4 aromatic rings. The highest BCUT2D eigenvalue weighted by Gasteiger charge is 2.09. The number of nitrogens with one attached hydrogen (secondary N) is 1. The van der Waals surface area contributed by atoms with Gasteiger partial charge in [-0.3, -0.25) is 0 Å². The van der Waals surface area contributed by atoms with Crippen LogP contribution in [-0.4, -0.2) is 24.8 Å². The van der Waals surface area contributed by atoms with Crippen molar-refractivity contribution in [3.05, 3.63) is 71.4 Å². The quantitative estimate of drug-likeness (QED) is 0.508. The molecule has 0 unspecified atom stereocenters. The van der Waals surface area contributed by atoms with E-state index >= 15 is 0 Å². The maximum atomic E-state index is 9.70. The smallest absolute Gasteiger partial charge is 0.247 e. The lowest BCUT2D eigenvalue weighted by atomic mass is 10.1. The first-order valence-corrected chi connectivity index (χ1v) is 8.32. The fourth-order valence-electron chi connectivity index (χ4n) is 2.65. The van der Waals surface area contributed by atoms with Crippen LogP contribution in [0.5, 0.6) is 5.75 Å². The molecule has 0 bridgehead atoms. The molecule has 4 rings (SSSR count). The number of aromatic hydroxyl groups is 1. The lowest BCUT2D eigenvalue weighted by molar-refractivity contribution is 0.282. The van der Waals surface area contributed by atoms with Gasteiger partial charge in [-0.1, -0.05) is 23.7 Å². The first kappa shape index (κ1) is 16.4. The topological polar surface area (TPSA) is 82.7 Å². The van der Waals surface area contributed by atoms with E-state index in [1.165, 1.54) is 0 Å². The van der Waals surface area contributed by atoms with Gasteiger partial charge in [0.25, 0.3) is 0 Å². The highest BCUT2D eigenvalue weighted by molar-refractivity contribution is 6.33. The summed E-state index contributed by atoms with van der Waals surface area (Å²) in [5.41, 5.74) is 3.89. The van der Waals surface area contributed by atoms with Gasteiger partial charge in [0.1, 0.15) is 5.75 Å². The molecule has 0 aliphatic heterocycles. The molecule has 26 heavy (non-hydrogen) atoms. The molecule has 0 saturated heterocycles. The number of aliphatic hydroxyl groups is 1. The molecule has 0 spiro atoms. The van der Waals surface area contributed by atoms with E-state index in [2.05, 4.69) is 15.4 Å². The van der Waals surface area contributed by atoms with Gasteiger partial charge in [0, 0.05) is 28.0 Å². The van der Waals surface area contributed by atoms with Crippen molar-refractivity contribution in [3.63, 3.8) is 0 Å². The second kappa shape index (κ2) is 6.67. The Balaban J connectivity index is 1.66. The van der Waals surface area contributed by atoms with Crippen molar-refractivity contribution >= 4 is 28.9 Å². The fourth-order valence-corrected chi connectivity index (χ4v) is 2.88. The number of benzene rings is 2. The van der Waals surface area contributed by atoms with Crippen LogP contribution in [0.1, 0.15) is 5.56 Å². The predicted octanol–water partition coefficient (Wildman–Crippen LogP) is 3.99. The number of hydrogen-bond donors (Lipinski definition) is 3. The number of aromatic nitrogens is 3. The third-order valence-electron chi connectivity index (χ3n) is 3.98. The number of anilines is 2. The molecule has 0 aliphatic carbocycles. The number of halogens is 1. The molecule has 3 N–H and O–H groups in total. The average molecular weight is 367 g/mol. The highest BCUT2D eigenvalue weighted by Crippen LogP contribution is 2.31. The minimum absolute atomic E-state index is 0.00721. The van der Waals surface area contributed by atoms with Crippen LogP contribution in [0.4, 0.5) is 11.6 Å². The van der Waals surface area contributed by atoms with Crippen LogP contribution in [0, 0.1) is 0 Å². The molecule has 2 aromatic heterocycles. The molecule has 130 valence electrons. The van der Waals surface area contributed by atoms with Crippen LogP contribution in [0.2, 0.25) is 5.02 Å². The standard InChI is InChI=1S/C19H15ClN4O2/c20-17-7-6-15(26)9-16(17)13-3-8-18-22-19(23-24(18)10-13)21-14-4-1-12(11-25)2-5-14/h1-10,25-26H,11H2,(H,21,23). The summed E-state index contributed by atoms with van der Waals surface area (Å²) in [7, 11) is 0. The van der Waals surface area contributed by atoms with Gasteiger partial charge in [-0.05, 0) is 48.0 Å². The Kier molecular flexibility index (Phi) is 4.20. The zero-order chi connectivity index (χ0) is 18.1. The molecule has 0 aliphatic rings. The summed E-state index contributed by atoms with van der Waals surface area (Å²) in [4.78, 5) is 4.43. The minimum Gasteiger partial charge on any atom is -0.508 e. The van der Waals surface area contributed by atoms with Gasteiger partial charge < -0.3 is 15.5 Å². The molecular weight excluding hydrogens is 352 g/mol. The molecular formula is C19H15ClN4O2. The van der Waals surface area contributed by atoms with Crippen molar-refractivity contribution in [2.45, 2.75) is 6.61 Å². The molecule has 7 heteroatoms. The van der Waals surface area contributed by atoms with E-state index in [4.69, 9.17) is 16.7 Å². The summed E-state index contributed by atoms with van der Waals surface area (Å²) in [5, 5.41) is 26.9. The molecule has 0 radical (unpaired) electrons. The van der Waals surface area contributed by atoms with Gasteiger partial charge in [-0.15, -0.1) is 5.10 Å². The van der Waals surface area contributed by atoms with Gasteiger partial charge in [0.15, 0.2) is 5.65 Å². The Labute approximate surface area is 154 Å². The van der Waals surface area contributed by atoms with E-state index in [-0.39, 0.29) is 12.4 Å². The molecule has 6 nitrogen and oxygen atoms in total. The Morgan fingerprint density at radius 3 is 2.62 bits per heavy atom. The van der Waals surface area contributed by atoms with Crippen LogP contribution >= 0.6 is 11.6 Å². The summed E-state index contributed by atoms with van der Waals surface area (Å²) < 4.78 is 1.65. The van der Waals surface area contributed by atoms with Crippen molar-refractivity contribution in [1.82, 2.24) is 14.6 Å². The largest absolute Gasteiger partial charge is 0.508 e. The van der Waals surface area contributed by atoms with Crippen LogP contribution in [0.3, 0.4) is 0 Å². The Morgan fingerprint density at radius 2 is 1.85 bits per heavy atom. The molecule has 2 heterocycles. The zero-order valence-electron chi connectivity index (χ0n) is 13.6.